The number of hydrogen-bond donors (Lipinski definition) is 2. The molecule has 90 valence electrons. The summed E-state index contributed by atoms with van der Waals surface area (Å²) in [6.07, 6.45) is 3.87. The lowest BCUT2D eigenvalue weighted by molar-refractivity contribution is 0.206. The Morgan fingerprint density at radius 1 is 1.35 bits per heavy atom. The summed E-state index contributed by atoms with van der Waals surface area (Å²) in [5.74, 6) is 0. The summed E-state index contributed by atoms with van der Waals surface area (Å²) < 4.78 is 0. The minimum Gasteiger partial charge on any atom is -0.356 e. The van der Waals surface area contributed by atoms with E-state index >= 15 is 0 Å². The van der Waals surface area contributed by atoms with Crippen LogP contribution in [0.4, 0.5) is 0 Å². The molecule has 0 amide bonds. The average molecular weight is 249 g/mol. The number of fused-ring (bicyclic) bond motifs is 1. The Hall–Kier alpha value is -0.990. The minimum atomic E-state index is 0.320. The van der Waals surface area contributed by atoms with Gasteiger partial charge in [-0.25, -0.2) is 0 Å². The van der Waals surface area contributed by atoms with Crippen LogP contribution in [0.25, 0.3) is 10.9 Å². The fourth-order valence-corrected chi connectivity index (χ4v) is 2.75. The molecule has 1 aromatic heterocycles. The second-order valence-electron chi connectivity index (χ2n) is 5.23. The number of hydrogen-bond acceptors (Lipinski definition) is 1. The molecule has 17 heavy (non-hydrogen) atoms. The zero-order valence-electron chi connectivity index (χ0n) is 10.0. The maximum atomic E-state index is 6.38. The van der Waals surface area contributed by atoms with Crippen molar-refractivity contribution in [3.8, 4) is 0 Å². The highest BCUT2D eigenvalue weighted by Crippen LogP contribution is 2.32. The molecule has 0 bridgehead atoms. The molecule has 0 aliphatic heterocycles. The van der Waals surface area contributed by atoms with Gasteiger partial charge in [0, 0.05) is 28.7 Å². The standard InChI is InChI=1S/C14H17ClN2/c1-14(7-4-8-14)16-9-12-13(15)10-5-2-3-6-11(10)17-12/h2-3,5-6,16-17H,4,7-9H2,1H3. The maximum Gasteiger partial charge on any atom is 0.0705 e. The Bertz CT molecular complexity index is 540. The van der Waals surface area contributed by atoms with E-state index in [1.54, 1.807) is 0 Å². The number of rotatable bonds is 3. The molecule has 1 aromatic carbocycles. The van der Waals surface area contributed by atoms with Gasteiger partial charge in [-0.2, -0.15) is 0 Å². The minimum absolute atomic E-state index is 0.320. The fraction of sp³-hybridized carbons (Fsp3) is 0.429. The first-order valence-electron chi connectivity index (χ1n) is 6.18. The van der Waals surface area contributed by atoms with E-state index in [0.717, 1.165) is 28.2 Å². The Balaban J connectivity index is 1.83. The number of para-hydroxylation sites is 1. The summed E-state index contributed by atoms with van der Waals surface area (Å²) in [5.41, 5.74) is 2.54. The second kappa shape index (κ2) is 4.04. The molecule has 2 nitrogen and oxygen atoms in total. The van der Waals surface area contributed by atoms with E-state index in [1.807, 2.05) is 12.1 Å². The van der Waals surface area contributed by atoms with Gasteiger partial charge in [-0.3, -0.25) is 0 Å². The Morgan fingerprint density at radius 2 is 2.12 bits per heavy atom. The van der Waals surface area contributed by atoms with Gasteiger partial charge in [0.25, 0.3) is 0 Å². The average Bonchev–Trinajstić information content (AvgIpc) is 2.62. The number of halogens is 1. The summed E-state index contributed by atoms with van der Waals surface area (Å²) >= 11 is 6.38. The Morgan fingerprint density at radius 3 is 2.76 bits per heavy atom. The molecule has 0 saturated heterocycles. The van der Waals surface area contributed by atoms with Crippen LogP contribution in [0.15, 0.2) is 24.3 Å². The van der Waals surface area contributed by atoms with E-state index in [9.17, 15) is 0 Å². The highest BCUT2D eigenvalue weighted by atomic mass is 35.5. The zero-order chi connectivity index (χ0) is 11.9. The highest BCUT2D eigenvalue weighted by molar-refractivity contribution is 6.36. The monoisotopic (exact) mass is 248 g/mol. The van der Waals surface area contributed by atoms with E-state index in [0.29, 0.717) is 5.54 Å². The van der Waals surface area contributed by atoms with Crippen molar-refractivity contribution in [2.75, 3.05) is 0 Å². The Kier molecular flexibility index (Phi) is 2.64. The number of aromatic nitrogens is 1. The van der Waals surface area contributed by atoms with Gasteiger partial charge in [-0.15, -0.1) is 0 Å². The van der Waals surface area contributed by atoms with Crippen molar-refractivity contribution in [2.45, 2.75) is 38.3 Å². The third-order valence-corrected chi connectivity index (χ3v) is 4.29. The molecule has 0 unspecified atom stereocenters. The third-order valence-electron chi connectivity index (χ3n) is 3.86. The van der Waals surface area contributed by atoms with Crippen molar-refractivity contribution >= 4 is 22.5 Å². The van der Waals surface area contributed by atoms with Crippen LogP contribution in [0.2, 0.25) is 5.02 Å². The molecule has 2 aromatic rings. The first-order chi connectivity index (χ1) is 8.18. The molecule has 1 saturated carbocycles. The van der Waals surface area contributed by atoms with Crippen molar-refractivity contribution in [3.05, 3.63) is 35.0 Å². The number of nitrogens with one attached hydrogen (secondary N) is 2. The second-order valence-corrected chi connectivity index (χ2v) is 5.61. The van der Waals surface area contributed by atoms with Crippen LogP contribution in [-0.4, -0.2) is 10.5 Å². The highest BCUT2D eigenvalue weighted by Gasteiger charge is 2.31. The largest absolute Gasteiger partial charge is 0.356 e. The predicted molar refractivity (Wildman–Crippen MR) is 72.4 cm³/mol. The van der Waals surface area contributed by atoms with Crippen LogP contribution >= 0.6 is 11.6 Å². The van der Waals surface area contributed by atoms with Crippen molar-refractivity contribution in [2.24, 2.45) is 0 Å². The molecule has 1 heterocycles. The Labute approximate surface area is 106 Å². The molecule has 1 aliphatic rings. The molecule has 2 N–H and O–H groups in total. The lowest BCUT2D eigenvalue weighted by Gasteiger charge is -2.39. The molecular formula is C14H17ClN2. The van der Waals surface area contributed by atoms with Crippen LogP contribution in [-0.2, 0) is 6.54 Å². The van der Waals surface area contributed by atoms with Gasteiger partial charge in [0.05, 0.1) is 5.02 Å². The summed E-state index contributed by atoms with van der Waals surface area (Å²) in [6, 6.07) is 8.17. The van der Waals surface area contributed by atoms with Crippen molar-refractivity contribution < 1.29 is 0 Å². The number of H-pyrrole nitrogens is 1. The van der Waals surface area contributed by atoms with Gasteiger partial charge >= 0.3 is 0 Å². The van der Waals surface area contributed by atoms with Gasteiger partial charge in [0.2, 0.25) is 0 Å². The molecule has 1 fully saturated rings. The van der Waals surface area contributed by atoms with E-state index in [2.05, 4.69) is 29.4 Å². The van der Waals surface area contributed by atoms with Crippen LogP contribution in [0.1, 0.15) is 31.9 Å². The van der Waals surface area contributed by atoms with Crippen molar-refractivity contribution in [3.63, 3.8) is 0 Å². The molecule has 3 rings (SSSR count). The van der Waals surface area contributed by atoms with Gasteiger partial charge in [0.1, 0.15) is 0 Å². The van der Waals surface area contributed by atoms with Crippen molar-refractivity contribution in [1.82, 2.24) is 10.3 Å². The van der Waals surface area contributed by atoms with Gasteiger partial charge in [-0.1, -0.05) is 29.8 Å². The summed E-state index contributed by atoms with van der Waals surface area (Å²) in [6.45, 7) is 3.11. The fourth-order valence-electron chi connectivity index (χ4n) is 2.47. The van der Waals surface area contributed by atoms with Gasteiger partial charge in [0.15, 0.2) is 0 Å². The van der Waals surface area contributed by atoms with Crippen molar-refractivity contribution in [1.29, 1.82) is 0 Å². The van der Waals surface area contributed by atoms with Crippen LogP contribution in [0.3, 0.4) is 0 Å². The van der Waals surface area contributed by atoms with E-state index in [1.165, 1.54) is 19.3 Å². The van der Waals surface area contributed by atoms with Gasteiger partial charge in [-0.05, 0) is 32.3 Å². The summed E-state index contributed by atoms with van der Waals surface area (Å²) in [5, 5.41) is 5.57. The normalized spacial score (nSPS) is 18.2. The van der Waals surface area contributed by atoms with Crippen LogP contribution < -0.4 is 5.32 Å². The lowest BCUT2D eigenvalue weighted by atomic mass is 9.78. The van der Waals surface area contributed by atoms with E-state index in [-0.39, 0.29) is 0 Å². The van der Waals surface area contributed by atoms with Gasteiger partial charge < -0.3 is 10.3 Å². The topological polar surface area (TPSA) is 27.8 Å². The lowest BCUT2D eigenvalue weighted by Crippen LogP contribution is -2.47. The molecule has 3 heteroatoms. The van der Waals surface area contributed by atoms with E-state index < -0.39 is 0 Å². The molecular weight excluding hydrogens is 232 g/mol. The third kappa shape index (κ3) is 1.96. The molecule has 0 radical (unpaired) electrons. The van der Waals surface area contributed by atoms with E-state index in [4.69, 9.17) is 11.6 Å². The first-order valence-corrected chi connectivity index (χ1v) is 6.56. The molecule has 0 spiro atoms. The molecule has 1 aliphatic carbocycles. The zero-order valence-corrected chi connectivity index (χ0v) is 10.8. The predicted octanol–water partition coefficient (Wildman–Crippen LogP) is 3.85. The molecule has 0 atom stereocenters. The number of benzene rings is 1. The smallest absolute Gasteiger partial charge is 0.0705 e. The van der Waals surface area contributed by atoms with Crippen LogP contribution in [0, 0.1) is 0 Å². The maximum absolute atomic E-state index is 6.38. The summed E-state index contributed by atoms with van der Waals surface area (Å²) in [7, 11) is 0. The van der Waals surface area contributed by atoms with Crippen LogP contribution in [0.5, 0.6) is 0 Å². The number of aromatic amines is 1. The SMILES string of the molecule is CC1(NCc2[nH]c3ccccc3c2Cl)CCC1. The quantitative estimate of drug-likeness (QED) is 0.848. The summed E-state index contributed by atoms with van der Waals surface area (Å²) in [4.78, 5) is 3.39. The first kappa shape index (κ1) is 11.1.